The molecule has 1 aromatic carbocycles. The first-order valence-electron chi connectivity index (χ1n) is 5.72. The van der Waals surface area contributed by atoms with Crippen molar-refractivity contribution in [1.82, 2.24) is 0 Å². The Labute approximate surface area is 96.5 Å². The molecule has 3 nitrogen and oxygen atoms in total. The topological polar surface area (TPSA) is 53.0 Å². The van der Waals surface area contributed by atoms with Crippen LogP contribution in [-0.2, 0) is 0 Å². The molecular weight excluding hydrogens is 198 g/mol. The molecule has 3 heteroatoms. The number of hydrogen-bond acceptors (Lipinski definition) is 3. The molecule has 0 bridgehead atoms. The number of piperidine rings is 1. The van der Waals surface area contributed by atoms with E-state index in [1.165, 1.54) is 5.56 Å². The van der Waals surface area contributed by atoms with E-state index < -0.39 is 0 Å². The Balaban J connectivity index is 2.26. The van der Waals surface area contributed by atoms with Crippen LogP contribution in [0.3, 0.4) is 0 Å². The predicted octanol–water partition coefficient (Wildman–Crippen LogP) is 1.79. The van der Waals surface area contributed by atoms with Crippen LogP contribution in [0, 0.1) is 18.3 Å². The van der Waals surface area contributed by atoms with Crippen LogP contribution in [0.25, 0.3) is 0 Å². The van der Waals surface area contributed by atoms with Gasteiger partial charge in [-0.1, -0.05) is 6.07 Å². The van der Waals surface area contributed by atoms with Crippen LogP contribution >= 0.6 is 0 Å². The maximum atomic E-state index is 9.09. The SMILES string of the molecule is Cc1ccc(C#N)c(N2CCC(N)CC2)c1. The number of aryl methyl sites for hydroxylation is 1. The van der Waals surface area contributed by atoms with Gasteiger partial charge in [-0.15, -0.1) is 0 Å². The standard InChI is InChI=1S/C13H17N3/c1-10-2-3-11(9-14)13(8-10)16-6-4-12(15)5-7-16/h2-3,8,12H,4-7,15H2,1H3. The van der Waals surface area contributed by atoms with Gasteiger partial charge in [0, 0.05) is 19.1 Å². The second kappa shape index (κ2) is 4.54. The highest BCUT2D eigenvalue weighted by Gasteiger charge is 2.18. The highest BCUT2D eigenvalue weighted by molar-refractivity contribution is 5.60. The summed E-state index contributed by atoms with van der Waals surface area (Å²) in [4.78, 5) is 2.27. The lowest BCUT2D eigenvalue weighted by molar-refractivity contribution is 0.501. The van der Waals surface area contributed by atoms with Crippen molar-refractivity contribution in [3.05, 3.63) is 29.3 Å². The third kappa shape index (κ3) is 2.17. The second-order valence-electron chi connectivity index (χ2n) is 4.46. The highest BCUT2D eigenvalue weighted by Crippen LogP contribution is 2.24. The van der Waals surface area contributed by atoms with Crippen molar-refractivity contribution < 1.29 is 0 Å². The average molecular weight is 215 g/mol. The van der Waals surface area contributed by atoms with Gasteiger partial charge in [0.2, 0.25) is 0 Å². The molecule has 0 radical (unpaired) electrons. The van der Waals surface area contributed by atoms with Gasteiger partial charge >= 0.3 is 0 Å². The zero-order valence-electron chi connectivity index (χ0n) is 9.61. The first-order chi connectivity index (χ1) is 7.70. The Bertz CT molecular complexity index is 412. The molecule has 1 aromatic rings. The second-order valence-corrected chi connectivity index (χ2v) is 4.46. The minimum absolute atomic E-state index is 0.326. The van der Waals surface area contributed by atoms with Crippen molar-refractivity contribution in [1.29, 1.82) is 5.26 Å². The van der Waals surface area contributed by atoms with Gasteiger partial charge in [-0.3, -0.25) is 0 Å². The van der Waals surface area contributed by atoms with Crippen LogP contribution < -0.4 is 10.6 Å². The van der Waals surface area contributed by atoms with E-state index in [-0.39, 0.29) is 0 Å². The third-order valence-corrected chi connectivity index (χ3v) is 3.15. The van der Waals surface area contributed by atoms with E-state index in [4.69, 9.17) is 11.0 Å². The van der Waals surface area contributed by atoms with E-state index in [1.54, 1.807) is 0 Å². The first kappa shape index (κ1) is 11.0. The minimum Gasteiger partial charge on any atom is -0.370 e. The van der Waals surface area contributed by atoms with Crippen LogP contribution in [0.1, 0.15) is 24.0 Å². The average Bonchev–Trinajstić information content (AvgIpc) is 2.30. The third-order valence-electron chi connectivity index (χ3n) is 3.15. The summed E-state index contributed by atoms with van der Waals surface area (Å²) >= 11 is 0. The Morgan fingerprint density at radius 2 is 2.06 bits per heavy atom. The smallest absolute Gasteiger partial charge is 0.101 e. The molecular formula is C13H17N3. The summed E-state index contributed by atoms with van der Waals surface area (Å²) in [7, 11) is 0. The van der Waals surface area contributed by atoms with E-state index >= 15 is 0 Å². The minimum atomic E-state index is 0.326. The zero-order valence-corrected chi connectivity index (χ0v) is 9.61. The van der Waals surface area contributed by atoms with Gasteiger partial charge in [0.05, 0.1) is 11.3 Å². The fourth-order valence-corrected chi connectivity index (χ4v) is 2.14. The van der Waals surface area contributed by atoms with E-state index in [9.17, 15) is 0 Å². The van der Waals surface area contributed by atoms with Crippen molar-refractivity contribution in [2.45, 2.75) is 25.8 Å². The number of nitrogens with zero attached hydrogens (tertiary/aromatic N) is 2. The summed E-state index contributed by atoms with van der Waals surface area (Å²) in [5.41, 5.74) is 8.91. The quantitative estimate of drug-likeness (QED) is 0.777. The highest BCUT2D eigenvalue weighted by atomic mass is 15.1. The monoisotopic (exact) mass is 215 g/mol. The summed E-state index contributed by atoms with van der Waals surface area (Å²) in [5, 5.41) is 9.09. The summed E-state index contributed by atoms with van der Waals surface area (Å²) < 4.78 is 0. The van der Waals surface area contributed by atoms with Gasteiger partial charge < -0.3 is 10.6 Å². The fraction of sp³-hybridized carbons (Fsp3) is 0.462. The molecule has 0 spiro atoms. The normalized spacial score (nSPS) is 17.2. The molecule has 16 heavy (non-hydrogen) atoms. The molecule has 2 N–H and O–H groups in total. The molecule has 1 aliphatic rings. The Kier molecular flexibility index (Phi) is 3.12. The summed E-state index contributed by atoms with van der Waals surface area (Å²) in [5.74, 6) is 0. The molecule has 0 saturated carbocycles. The molecule has 0 unspecified atom stereocenters. The Morgan fingerprint density at radius 1 is 1.38 bits per heavy atom. The van der Waals surface area contributed by atoms with Gasteiger partial charge in [-0.2, -0.15) is 5.26 Å². The predicted molar refractivity (Wildman–Crippen MR) is 65.3 cm³/mol. The lowest BCUT2D eigenvalue weighted by Gasteiger charge is -2.32. The number of rotatable bonds is 1. The van der Waals surface area contributed by atoms with Crippen molar-refractivity contribution in [2.24, 2.45) is 5.73 Å². The Hall–Kier alpha value is -1.53. The number of anilines is 1. The zero-order chi connectivity index (χ0) is 11.5. The summed E-state index contributed by atoms with van der Waals surface area (Å²) in [6.07, 6.45) is 2.03. The van der Waals surface area contributed by atoms with Crippen LogP contribution in [0.5, 0.6) is 0 Å². The largest absolute Gasteiger partial charge is 0.370 e. The maximum absolute atomic E-state index is 9.09. The van der Waals surface area contributed by atoms with Gasteiger partial charge in [0.1, 0.15) is 6.07 Å². The van der Waals surface area contributed by atoms with Crippen molar-refractivity contribution in [2.75, 3.05) is 18.0 Å². The number of hydrogen-bond donors (Lipinski definition) is 1. The van der Waals surface area contributed by atoms with E-state index in [2.05, 4.69) is 24.0 Å². The van der Waals surface area contributed by atoms with Gasteiger partial charge in [0.25, 0.3) is 0 Å². The maximum Gasteiger partial charge on any atom is 0.101 e. The molecule has 1 heterocycles. The number of nitriles is 1. The molecule has 0 amide bonds. The Morgan fingerprint density at radius 3 is 2.69 bits per heavy atom. The lowest BCUT2D eigenvalue weighted by atomic mass is 10.0. The number of nitrogens with two attached hydrogens (primary N) is 1. The van der Waals surface area contributed by atoms with E-state index in [0.717, 1.165) is 37.2 Å². The van der Waals surface area contributed by atoms with Gasteiger partial charge in [0.15, 0.2) is 0 Å². The van der Waals surface area contributed by atoms with Crippen molar-refractivity contribution >= 4 is 5.69 Å². The summed E-state index contributed by atoms with van der Waals surface area (Å²) in [6, 6.07) is 8.56. The molecule has 0 aromatic heterocycles. The fourth-order valence-electron chi connectivity index (χ4n) is 2.14. The van der Waals surface area contributed by atoms with E-state index in [0.29, 0.717) is 6.04 Å². The van der Waals surface area contributed by atoms with Gasteiger partial charge in [-0.05, 0) is 37.5 Å². The molecule has 2 rings (SSSR count). The van der Waals surface area contributed by atoms with Crippen molar-refractivity contribution in [3.63, 3.8) is 0 Å². The first-order valence-corrected chi connectivity index (χ1v) is 5.72. The van der Waals surface area contributed by atoms with Crippen molar-refractivity contribution in [3.8, 4) is 6.07 Å². The van der Waals surface area contributed by atoms with Crippen LogP contribution in [0.4, 0.5) is 5.69 Å². The van der Waals surface area contributed by atoms with Crippen LogP contribution in [0.15, 0.2) is 18.2 Å². The van der Waals surface area contributed by atoms with Crippen LogP contribution in [-0.4, -0.2) is 19.1 Å². The van der Waals surface area contributed by atoms with Crippen LogP contribution in [0.2, 0.25) is 0 Å². The lowest BCUT2D eigenvalue weighted by Crippen LogP contribution is -2.40. The van der Waals surface area contributed by atoms with E-state index in [1.807, 2.05) is 12.1 Å². The molecule has 0 aliphatic carbocycles. The molecule has 1 aliphatic heterocycles. The number of benzene rings is 1. The van der Waals surface area contributed by atoms with Gasteiger partial charge in [-0.25, -0.2) is 0 Å². The molecule has 1 saturated heterocycles. The summed E-state index contributed by atoms with van der Waals surface area (Å²) in [6.45, 7) is 3.97. The molecule has 0 atom stereocenters. The molecule has 1 fully saturated rings. The molecule has 84 valence electrons.